The summed E-state index contributed by atoms with van der Waals surface area (Å²) >= 11 is 1.75. The minimum Gasteiger partial charge on any atom is -0.397 e. The van der Waals surface area contributed by atoms with Gasteiger partial charge in [-0.2, -0.15) is 11.8 Å². The van der Waals surface area contributed by atoms with Gasteiger partial charge in [-0.1, -0.05) is 0 Å². The maximum atomic E-state index is 12.8. The normalized spacial score (nSPS) is 10.4. The van der Waals surface area contributed by atoms with Crippen LogP contribution in [0.1, 0.15) is 12.8 Å². The Hall–Kier alpha value is -1.27. The van der Waals surface area contributed by atoms with Crippen LogP contribution in [-0.4, -0.2) is 31.1 Å². The molecule has 0 saturated carbocycles. The summed E-state index contributed by atoms with van der Waals surface area (Å²) < 4.78 is 17.8. The van der Waals surface area contributed by atoms with Gasteiger partial charge in [0.1, 0.15) is 5.82 Å². The highest BCUT2D eigenvalue weighted by Gasteiger charge is 2.05. The zero-order chi connectivity index (χ0) is 14.1. The average Bonchev–Trinajstić information content (AvgIpc) is 2.37. The summed E-state index contributed by atoms with van der Waals surface area (Å²) in [5.74, 6) is 1.33. The van der Waals surface area contributed by atoms with Crippen molar-refractivity contribution < 1.29 is 13.9 Å². The largest absolute Gasteiger partial charge is 0.397 e. The van der Waals surface area contributed by atoms with Crippen LogP contribution < -0.4 is 11.1 Å². The van der Waals surface area contributed by atoms with Gasteiger partial charge < -0.3 is 15.8 Å². The fourth-order valence-electron chi connectivity index (χ4n) is 1.44. The number of nitrogens with two attached hydrogens (primary N) is 1. The van der Waals surface area contributed by atoms with Gasteiger partial charge in [0.2, 0.25) is 5.91 Å². The molecule has 1 rings (SSSR count). The summed E-state index contributed by atoms with van der Waals surface area (Å²) in [6.45, 7) is 0.725. The fraction of sp³-hybridized carbons (Fsp3) is 0.462. The third-order valence-electron chi connectivity index (χ3n) is 2.41. The Bertz CT molecular complexity index is 416. The Morgan fingerprint density at radius 2 is 2.26 bits per heavy atom. The molecule has 4 nitrogen and oxygen atoms in total. The number of ether oxygens (including phenoxy) is 1. The molecule has 3 N–H and O–H groups in total. The smallest absolute Gasteiger partial charge is 0.224 e. The number of rotatable bonds is 8. The molecule has 0 aliphatic carbocycles. The van der Waals surface area contributed by atoms with Gasteiger partial charge in [-0.15, -0.1) is 0 Å². The second-order valence-electron chi connectivity index (χ2n) is 3.99. The number of hydrogen-bond acceptors (Lipinski definition) is 4. The van der Waals surface area contributed by atoms with Gasteiger partial charge in [0.05, 0.1) is 18.0 Å². The Labute approximate surface area is 116 Å². The molecule has 106 valence electrons. The average molecular weight is 286 g/mol. The molecule has 0 unspecified atom stereocenters. The van der Waals surface area contributed by atoms with Crippen LogP contribution in [0.15, 0.2) is 18.2 Å². The first-order valence-electron chi connectivity index (χ1n) is 6.05. The summed E-state index contributed by atoms with van der Waals surface area (Å²) in [7, 11) is 1.67. The van der Waals surface area contributed by atoms with Crippen LogP contribution in [0.5, 0.6) is 0 Å². The maximum absolute atomic E-state index is 12.8. The molecule has 19 heavy (non-hydrogen) atoms. The lowest BCUT2D eigenvalue weighted by Gasteiger charge is -2.08. The monoisotopic (exact) mass is 286 g/mol. The van der Waals surface area contributed by atoms with Crippen LogP contribution in [-0.2, 0) is 9.53 Å². The van der Waals surface area contributed by atoms with Crippen LogP contribution in [0.3, 0.4) is 0 Å². The zero-order valence-corrected chi connectivity index (χ0v) is 11.8. The van der Waals surface area contributed by atoms with Gasteiger partial charge in [-0.25, -0.2) is 4.39 Å². The van der Waals surface area contributed by atoms with E-state index in [1.54, 1.807) is 18.9 Å². The number of methoxy groups -OCH3 is 1. The molecule has 0 atom stereocenters. The lowest BCUT2D eigenvalue weighted by atomic mass is 10.2. The first kappa shape index (κ1) is 15.8. The summed E-state index contributed by atoms with van der Waals surface area (Å²) in [5, 5.41) is 2.67. The summed E-state index contributed by atoms with van der Waals surface area (Å²) in [4.78, 5) is 11.6. The molecule has 1 aromatic carbocycles. The molecule has 0 fully saturated rings. The molecule has 0 aliphatic rings. The molecule has 0 aromatic heterocycles. The lowest BCUT2D eigenvalue weighted by Crippen LogP contribution is -2.13. The number of nitrogen functional groups attached to an aromatic ring is 1. The zero-order valence-electron chi connectivity index (χ0n) is 10.9. The number of nitrogens with one attached hydrogen (secondary N) is 1. The minimum atomic E-state index is -0.412. The highest BCUT2D eigenvalue weighted by molar-refractivity contribution is 7.99. The van der Waals surface area contributed by atoms with Gasteiger partial charge in [0.25, 0.3) is 0 Å². The van der Waals surface area contributed by atoms with E-state index >= 15 is 0 Å². The van der Waals surface area contributed by atoms with Crippen LogP contribution >= 0.6 is 11.8 Å². The van der Waals surface area contributed by atoms with E-state index in [0.717, 1.165) is 24.5 Å². The molecule has 6 heteroatoms. The van der Waals surface area contributed by atoms with E-state index in [9.17, 15) is 9.18 Å². The molecule has 0 bridgehead atoms. The van der Waals surface area contributed by atoms with E-state index in [1.165, 1.54) is 18.2 Å². The van der Waals surface area contributed by atoms with E-state index in [4.69, 9.17) is 10.5 Å². The number of carbonyl (C=O) groups is 1. The van der Waals surface area contributed by atoms with Gasteiger partial charge in [-0.05, 0) is 30.4 Å². The van der Waals surface area contributed by atoms with Crippen LogP contribution in [0.4, 0.5) is 15.8 Å². The van der Waals surface area contributed by atoms with Crippen molar-refractivity contribution in [2.24, 2.45) is 0 Å². The van der Waals surface area contributed by atoms with E-state index < -0.39 is 5.82 Å². The second kappa shape index (κ2) is 8.77. The van der Waals surface area contributed by atoms with Crippen molar-refractivity contribution in [3.63, 3.8) is 0 Å². The molecule has 0 spiro atoms. The van der Waals surface area contributed by atoms with E-state index in [1.807, 2.05) is 0 Å². The van der Waals surface area contributed by atoms with Crippen molar-refractivity contribution >= 4 is 29.0 Å². The molecule has 0 radical (unpaired) electrons. The van der Waals surface area contributed by atoms with Crippen molar-refractivity contribution in [3.05, 3.63) is 24.0 Å². The quantitative estimate of drug-likeness (QED) is 0.569. The predicted molar refractivity (Wildman–Crippen MR) is 77.9 cm³/mol. The number of amides is 1. The Morgan fingerprint density at radius 3 is 2.95 bits per heavy atom. The first-order chi connectivity index (χ1) is 9.13. The standard InChI is InChI=1S/C13H19FN2O2S/c1-18-6-8-19-7-2-3-13(17)16-12-5-4-10(14)9-11(12)15/h4-5,9H,2-3,6-8,15H2,1H3,(H,16,17). The third-order valence-corrected chi connectivity index (χ3v) is 3.44. The molecule has 0 saturated heterocycles. The van der Waals surface area contributed by atoms with E-state index in [-0.39, 0.29) is 11.6 Å². The van der Waals surface area contributed by atoms with E-state index in [0.29, 0.717) is 12.1 Å². The summed E-state index contributed by atoms with van der Waals surface area (Å²) in [5.41, 5.74) is 6.30. The molecule has 0 heterocycles. The molecular weight excluding hydrogens is 267 g/mol. The minimum absolute atomic E-state index is 0.106. The van der Waals surface area contributed by atoms with Gasteiger partial charge in [-0.3, -0.25) is 4.79 Å². The first-order valence-corrected chi connectivity index (χ1v) is 7.20. The van der Waals surface area contributed by atoms with Crippen LogP contribution in [0.2, 0.25) is 0 Å². The van der Waals surface area contributed by atoms with Crippen molar-refractivity contribution in [2.75, 3.05) is 36.3 Å². The summed E-state index contributed by atoms with van der Waals surface area (Å²) in [6.07, 6.45) is 1.22. The molecule has 1 amide bonds. The van der Waals surface area contributed by atoms with Crippen molar-refractivity contribution in [1.82, 2.24) is 0 Å². The van der Waals surface area contributed by atoms with Gasteiger partial charge >= 0.3 is 0 Å². The van der Waals surface area contributed by atoms with Crippen molar-refractivity contribution in [3.8, 4) is 0 Å². The van der Waals surface area contributed by atoms with Gasteiger partial charge in [0.15, 0.2) is 0 Å². The van der Waals surface area contributed by atoms with Crippen molar-refractivity contribution in [1.29, 1.82) is 0 Å². The van der Waals surface area contributed by atoms with Crippen molar-refractivity contribution in [2.45, 2.75) is 12.8 Å². The number of benzene rings is 1. The van der Waals surface area contributed by atoms with Crippen LogP contribution in [0, 0.1) is 5.82 Å². The molecule has 1 aromatic rings. The Balaban J connectivity index is 2.23. The number of halogens is 1. The topological polar surface area (TPSA) is 64.3 Å². The number of thioether (sulfide) groups is 1. The number of hydrogen-bond donors (Lipinski definition) is 2. The number of anilines is 2. The predicted octanol–water partition coefficient (Wildman–Crippen LogP) is 2.51. The number of carbonyl (C=O) groups excluding carboxylic acids is 1. The van der Waals surface area contributed by atoms with Gasteiger partial charge in [0, 0.05) is 19.3 Å². The Kier molecular flexibility index (Phi) is 7.28. The summed E-state index contributed by atoms with van der Waals surface area (Å²) in [6, 6.07) is 3.93. The lowest BCUT2D eigenvalue weighted by molar-refractivity contribution is -0.116. The van der Waals surface area contributed by atoms with Crippen LogP contribution in [0.25, 0.3) is 0 Å². The fourth-order valence-corrected chi connectivity index (χ4v) is 2.28. The maximum Gasteiger partial charge on any atom is 0.224 e. The SMILES string of the molecule is COCCSCCCC(=O)Nc1ccc(F)cc1N. The second-order valence-corrected chi connectivity index (χ2v) is 5.21. The third kappa shape index (κ3) is 6.45. The molecular formula is C13H19FN2O2S. The Morgan fingerprint density at radius 1 is 1.47 bits per heavy atom. The highest BCUT2D eigenvalue weighted by Crippen LogP contribution is 2.19. The molecule has 0 aliphatic heterocycles. The highest BCUT2D eigenvalue weighted by atomic mass is 32.2. The van der Waals surface area contributed by atoms with E-state index in [2.05, 4.69) is 5.32 Å².